The van der Waals surface area contributed by atoms with Gasteiger partial charge in [0.15, 0.2) is 0 Å². The lowest BCUT2D eigenvalue weighted by atomic mass is 10.1. The first-order chi connectivity index (χ1) is 13.2. The van der Waals surface area contributed by atoms with Crippen LogP contribution in [-0.2, 0) is 22.4 Å². The predicted molar refractivity (Wildman–Crippen MR) is 104 cm³/mol. The summed E-state index contributed by atoms with van der Waals surface area (Å²) in [4.78, 5) is 26.6. The molecule has 1 N–H and O–H groups in total. The molecule has 0 radical (unpaired) electrons. The van der Waals surface area contributed by atoms with Crippen molar-refractivity contribution in [2.75, 3.05) is 24.6 Å². The molecule has 27 heavy (non-hydrogen) atoms. The molecule has 1 aliphatic heterocycles. The molecule has 0 spiro atoms. The van der Waals surface area contributed by atoms with E-state index in [0.717, 1.165) is 24.3 Å². The molecular weight excluding hydrogens is 340 g/mol. The van der Waals surface area contributed by atoms with Crippen molar-refractivity contribution in [3.05, 3.63) is 59.7 Å². The van der Waals surface area contributed by atoms with Crippen LogP contribution in [0.2, 0.25) is 0 Å². The fraction of sp³-hybridized carbons (Fsp3) is 0.364. The van der Waals surface area contributed by atoms with E-state index in [-0.39, 0.29) is 24.2 Å². The van der Waals surface area contributed by atoms with Crippen molar-refractivity contribution < 1.29 is 14.3 Å². The monoisotopic (exact) mass is 364 g/mol. The molecule has 5 nitrogen and oxygen atoms in total. The zero-order chi connectivity index (χ0) is 18.6. The van der Waals surface area contributed by atoms with Crippen molar-refractivity contribution >= 4 is 17.5 Å². The van der Waals surface area contributed by atoms with Gasteiger partial charge in [-0.2, -0.15) is 0 Å². The standard InChI is InChI=1S/C22H24N2O3/c25-21-14-18(22(26)23-11-12-27-20-7-2-1-3-8-20)15-24(21)19-10-9-16-5-4-6-17(16)13-19/h1-3,7-10,13,18H,4-6,11-12,14-15H2,(H,23,26)/t18-/m0/s1. The van der Waals surface area contributed by atoms with Crippen molar-refractivity contribution in [2.24, 2.45) is 5.92 Å². The first kappa shape index (κ1) is 17.6. The summed E-state index contributed by atoms with van der Waals surface area (Å²) in [5, 5.41) is 2.89. The average molecular weight is 364 g/mol. The number of fused-ring (bicyclic) bond motifs is 1. The number of carbonyl (C=O) groups excluding carboxylic acids is 2. The van der Waals surface area contributed by atoms with Gasteiger partial charge in [-0.15, -0.1) is 0 Å². The van der Waals surface area contributed by atoms with Crippen molar-refractivity contribution in [1.29, 1.82) is 0 Å². The Balaban J connectivity index is 1.29. The molecule has 1 fully saturated rings. The zero-order valence-electron chi connectivity index (χ0n) is 15.3. The van der Waals surface area contributed by atoms with Crippen LogP contribution >= 0.6 is 0 Å². The Labute approximate surface area is 159 Å². The highest BCUT2D eigenvalue weighted by molar-refractivity contribution is 6.00. The van der Waals surface area contributed by atoms with Crippen LogP contribution in [-0.4, -0.2) is 31.5 Å². The number of benzene rings is 2. The van der Waals surface area contributed by atoms with Gasteiger partial charge >= 0.3 is 0 Å². The van der Waals surface area contributed by atoms with Crippen molar-refractivity contribution in [2.45, 2.75) is 25.7 Å². The molecule has 1 aliphatic carbocycles. The van der Waals surface area contributed by atoms with Gasteiger partial charge in [-0.05, 0) is 54.7 Å². The summed E-state index contributed by atoms with van der Waals surface area (Å²) in [6.45, 7) is 1.28. The third kappa shape index (κ3) is 3.97. The normalized spacial score (nSPS) is 18.4. The van der Waals surface area contributed by atoms with Crippen LogP contribution in [0.25, 0.3) is 0 Å². The summed E-state index contributed by atoms with van der Waals surface area (Å²) in [5.41, 5.74) is 3.65. The Morgan fingerprint density at radius 3 is 2.78 bits per heavy atom. The van der Waals surface area contributed by atoms with E-state index in [1.807, 2.05) is 36.4 Å². The SMILES string of the molecule is O=C(NCCOc1ccccc1)[C@H]1CC(=O)N(c2ccc3c(c2)CCC3)C1. The molecule has 2 aliphatic rings. The minimum Gasteiger partial charge on any atom is -0.492 e. The van der Waals surface area contributed by atoms with Gasteiger partial charge in [0, 0.05) is 18.7 Å². The van der Waals surface area contributed by atoms with E-state index in [0.29, 0.717) is 19.7 Å². The van der Waals surface area contributed by atoms with Crippen LogP contribution < -0.4 is 15.0 Å². The number of amides is 2. The number of hydrogen-bond donors (Lipinski definition) is 1. The van der Waals surface area contributed by atoms with Crippen LogP contribution in [0.4, 0.5) is 5.69 Å². The smallest absolute Gasteiger partial charge is 0.227 e. The quantitative estimate of drug-likeness (QED) is 0.802. The van der Waals surface area contributed by atoms with E-state index < -0.39 is 0 Å². The van der Waals surface area contributed by atoms with E-state index in [9.17, 15) is 9.59 Å². The summed E-state index contributed by atoms with van der Waals surface area (Å²) < 4.78 is 5.58. The second kappa shape index (κ2) is 7.82. The van der Waals surface area contributed by atoms with Gasteiger partial charge in [0.1, 0.15) is 12.4 Å². The maximum absolute atomic E-state index is 12.4. The zero-order valence-corrected chi connectivity index (χ0v) is 15.3. The number of ether oxygens (including phenoxy) is 1. The van der Waals surface area contributed by atoms with E-state index in [1.165, 1.54) is 17.5 Å². The van der Waals surface area contributed by atoms with E-state index >= 15 is 0 Å². The molecule has 1 heterocycles. The highest BCUT2D eigenvalue weighted by atomic mass is 16.5. The maximum Gasteiger partial charge on any atom is 0.227 e. The molecule has 2 amide bonds. The lowest BCUT2D eigenvalue weighted by molar-refractivity contribution is -0.126. The molecule has 0 aromatic heterocycles. The van der Waals surface area contributed by atoms with E-state index in [4.69, 9.17) is 4.74 Å². The highest BCUT2D eigenvalue weighted by Crippen LogP contribution is 2.30. The Kier molecular flexibility index (Phi) is 5.10. The molecule has 0 saturated carbocycles. The number of hydrogen-bond acceptors (Lipinski definition) is 3. The highest BCUT2D eigenvalue weighted by Gasteiger charge is 2.35. The summed E-state index contributed by atoms with van der Waals surface area (Å²) in [6, 6.07) is 15.8. The van der Waals surface area contributed by atoms with Crippen LogP contribution in [0.1, 0.15) is 24.0 Å². The van der Waals surface area contributed by atoms with Crippen LogP contribution in [0.5, 0.6) is 5.75 Å². The van der Waals surface area contributed by atoms with Gasteiger partial charge < -0.3 is 15.0 Å². The molecule has 2 aromatic carbocycles. The molecule has 140 valence electrons. The summed E-state index contributed by atoms with van der Waals surface area (Å²) in [7, 11) is 0. The number of aryl methyl sites for hydroxylation is 2. The Bertz CT molecular complexity index is 835. The van der Waals surface area contributed by atoms with Gasteiger partial charge in [0.25, 0.3) is 0 Å². The average Bonchev–Trinajstić information content (AvgIpc) is 3.31. The molecule has 1 atom stereocenters. The summed E-state index contributed by atoms with van der Waals surface area (Å²) in [6.07, 6.45) is 3.65. The molecule has 2 aromatic rings. The molecule has 0 bridgehead atoms. The Morgan fingerprint density at radius 1 is 1.11 bits per heavy atom. The lowest BCUT2D eigenvalue weighted by Crippen LogP contribution is -2.35. The number of nitrogens with one attached hydrogen (secondary N) is 1. The van der Waals surface area contributed by atoms with Gasteiger partial charge in [-0.25, -0.2) is 0 Å². The Morgan fingerprint density at radius 2 is 1.93 bits per heavy atom. The van der Waals surface area contributed by atoms with Gasteiger partial charge in [0.2, 0.25) is 11.8 Å². The summed E-state index contributed by atoms with van der Waals surface area (Å²) >= 11 is 0. The number of anilines is 1. The van der Waals surface area contributed by atoms with Crippen molar-refractivity contribution in [3.8, 4) is 5.75 Å². The second-order valence-corrected chi connectivity index (χ2v) is 7.16. The van der Waals surface area contributed by atoms with Gasteiger partial charge in [-0.1, -0.05) is 24.3 Å². The van der Waals surface area contributed by atoms with E-state index in [1.54, 1.807) is 4.90 Å². The van der Waals surface area contributed by atoms with Crippen LogP contribution in [0, 0.1) is 5.92 Å². The first-order valence-electron chi connectivity index (χ1n) is 9.58. The fourth-order valence-electron chi connectivity index (χ4n) is 3.86. The van der Waals surface area contributed by atoms with Gasteiger partial charge in [-0.3, -0.25) is 9.59 Å². The number of carbonyl (C=O) groups is 2. The number of nitrogens with zero attached hydrogens (tertiary/aromatic N) is 1. The first-order valence-corrected chi connectivity index (χ1v) is 9.58. The van der Waals surface area contributed by atoms with Gasteiger partial charge in [0.05, 0.1) is 12.5 Å². The largest absolute Gasteiger partial charge is 0.492 e. The minimum absolute atomic E-state index is 0.0219. The second-order valence-electron chi connectivity index (χ2n) is 7.16. The summed E-state index contributed by atoms with van der Waals surface area (Å²) in [5.74, 6) is 0.422. The predicted octanol–water partition coefficient (Wildman–Crippen LogP) is 2.72. The lowest BCUT2D eigenvalue weighted by Gasteiger charge is -2.18. The molecule has 0 unspecified atom stereocenters. The van der Waals surface area contributed by atoms with E-state index in [2.05, 4.69) is 17.4 Å². The van der Waals surface area contributed by atoms with Crippen molar-refractivity contribution in [1.82, 2.24) is 5.32 Å². The third-order valence-corrected chi connectivity index (χ3v) is 5.30. The maximum atomic E-state index is 12.4. The Hall–Kier alpha value is -2.82. The molecule has 1 saturated heterocycles. The van der Waals surface area contributed by atoms with Crippen LogP contribution in [0.3, 0.4) is 0 Å². The topological polar surface area (TPSA) is 58.6 Å². The fourth-order valence-corrected chi connectivity index (χ4v) is 3.86. The molecule has 5 heteroatoms. The van der Waals surface area contributed by atoms with Crippen LogP contribution in [0.15, 0.2) is 48.5 Å². The number of rotatable bonds is 6. The number of para-hydroxylation sites is 1. The molecular formula is C22H24N2O3. The molecule has 4 rings (SSSR count). The van der Waals surface area contributed by atoms with Crippen molar-refractivity contribution in [3.63, 3.8) is 0 Å². The third-order valence-electron chi connectivity index (χ3n) is 5.30. The minimum atomic E-state index is -0.303.